The third-order valence-electron chi connectivity index (χ3n) is 2.63. The minimum absolute atomic E-state index is 0.404. The fraction of sp³-hybridized carbons (Fsp3) is 0.727. The second kappa shape index (κ2) is 4.23. The highest BCUT2D eigenvalue weighted by Crippen LogP contribution is 2.25. The maximum absolute atomic E-state index is 5.59. The average molecular weight is 208 g/mol. The molecule has 0 atom stereocenters. The minimum Gasteiger partial charge on any atom is -0.366 e. The summed E-state index contributed by atoms with van der Waals surface area (Å²) in [4.78, 5) is 0. The maximum atomic E-state index is 5.59. The minimum atomic E-state index is 0.404. The first-order chi connectivity index (χ1) is 7.20. The van der Waals surface area contributed by atoms with Crippen LogP contribution in [0.1, 0.15) is 38.4 Å². The quantitative estimate of drug-likeness (QED) is 0.771. The molecule has 3 N–H and O–H groups in total. The summed E-state index contributed by atoms with van der Waals surface area (Å²) in [6.45, 7) is 4.98. The van der Waals surface area contributed by atoms with Gasteiger partial charge < -0.3 is 11.1 Å². The molecular formula is C11H20N4. The summed E-state index contributed by atoms with van der Waals surface area (Å²) in [7, 11) is 0. The Morgan fingerprint density at radius 3 is 2.87 bits per heavy atom. The number of nitrogens with two attached hydrogens (primary N) is 1. The van der Waals surface area contributed by atoms with Gasteiger partial charge in [-0.25, -0.2) is 0 Å². The molecular weight excluding hydrogens is 188 g/mol. The van der Waals surface area contributed by atoms with Gasteiger partial charge in [-0.1, -0.05) is 0 Å². The lowest BCUT2D eigenvalue weighted by Gasteiger charge is -2.09. The van der Waals surface area contributed by atoms with E-state index in [1.54, 1.807) is 0 Å². The second-order valence-corrected chi connectivity index (χ2v) is 4.52. The first-order valence-corrected chi connectivity index (χ1v) is 5.75. The van der Waals surface area contributed by atoms with E-state index in [1.165, 1.54) is 18.5 Å². The molecule has 1 aromatic rings. The molecule has 0 aliphatic heterocycles. The third kappa shape index (κ3) is 2.50. The number of aromatic nitrogens is 2. The topological polar surface area (TPSA) is 55.9 Å². The van der Waals surface area contributed by atoms with Crippen molar-refractivity contribution in [2.45, 2.75) is 45.2 Å². The van der Waals surface area contributed by atoms with Gasteiger partial charge in [0.15, 0.2) is 0 Å². The van der Waals surface area contributed by atoms with Crippen LogP contribution in [0, 0.1) is 0 Å². The molecule has 0 radical (unpaired) electrons. The van der Waals surface area contributed by atoms with Crippen molar-refractivity contribution in [3.8, 4) is 0 Å². The third-order valence-corrected chi connectivity index (χ3v) is 2.63. The van der Waals surface area contributed by atoms with Crippen LogP contribution in [-0.4, -0.2) is 22.4 Å². The van der Waals surface area contributed by atoms with E-state index in [0.29, 0.717) is 18.6 Å². The van der Waals surface area contributed by atoms with Crippen LogP contribution in [0.25, 0.3) is 0 Å². The highest BCUT2D eigenvalue weighted by Gasteiger charge is 2.22. The highest BCUT2D eigenvalue weighted by molar-refractivity contribution is 5.38. The zero-order valence-corrected chi connectivity index (χ0v) is 9.53. The van der Waals surface area contributed by atoms with Crippen molar-refractivity contribution in [3.63, 3.8) is 0 Å². The number of hydrogen-bond acceptors (Lipinski definition) is 3. The number of nitrogens with zero attached hydrogens (tertiary/aromatic N) is 2. The molecule has 0 saturated heterocycles. The molecule has 1 aromatic heterocycles. The molecule has 4 heteroatoms. The number of anilines is 1. The van der Waals surface area contributed by atoms with E-state index < -0.39 is 0 Å². The van der Waals surface area contributed by atoms with E-state index in [2.05, 4.69) is 35.0 Å². The van der Waals surface area contributed by atoms with Crippen molar-refractivity contribution < 1.29 is 0 Å². The molecule has 4 nitrogen and oxygen atoms in total. The Labute approximate surface area is 90.8 Å². The fourth-order valence-electron chi connectivity index (χ4n) is 1.72. The number of rotatable bonds is 5. The summed E-state index contributed by atoms with van der Waals surface area (Å²) >= 11 is 0. The van der Waals surface area contributed by atoms with Gasteiger partial charge in [0.05, 0.1) is 0 Å². The smallest absolute Gasteiger partial charge is 0.148 e. The van der Waals surface area contributed by atoms with E-state index in [-0.39, 0.29) is 0 Å². The van der Waals surface area contributed by atoms with Crippen LogP contribution in [0.3, 0.4) is 0 Å². The van der Waals surface area contributed by atoms with Crippen molar-refractivity contribution in [1.82, 2.24) is 9.78 Å². The first-order valence-electron chi connectivity index (χ1n) is 5.75. The van der Waals surface area contributed by atoms with Gasteiger partial charge in [0.25, 0.3) is 0 Å². The van der Waals surface area contributed by atoms with Gasteiger partial charge in [0.2, 0.25) is 0 Å². The molecule has 1 saturated carbocycles. The van der Waals surface area contributed by atoms with E-state index in [0.717, 1.165) is 12.2 Å². The summed E-state index contributed by atoms with van der Waals surface area (Å²) in [6, 6.07) is 3.19. The molecule has 0 spiro atoms. The standard InChI is InChI=1S/C11H20N4/c1-8(2)15-10(5-6-12)7-11(14-15)13-9-3-4-9/h7-9H,3-6,12H2,1-2H3,(H,13,14). The van der Waals surface area contributed by atoms with Crippen molar-refractivity contribution in [1.29, 1.82) is 0 Å². The molecule has 1 aliphatic carbocycles. The van der Waals surface area contributed by atoms with Gasteiger partial charge in [-0.2, -0.15) is 5.10 Å². The largest absolute Gasteiger partial charge is 0.366 e. The van der Waals surface area contributed by atoms with E-state index in [9.17, 15) is 0 Å². The van der Waals surface area contributed by atoms with E-state index >= 15 is 0 Å². The van der Waals surface area contributed by atoms with Crippen LogP contribution in [-0.2, 0) is 6.42 Å². The molecule has 0 amide bonds. The molecule has 2 rings (SSSR count). The summed E-state index contributed by atoms with van der Waals surface area (Å²) in [5, 5.41) is 7.98. The van der Waals surface area contributed by atoms with Crippen LogP contribution in [0.2, 0.25) is 0 Å². The van der Waals surface area contributed by atoms with Crippen LogP contribution in [0.5, 0.6) is 0 Å². The summed E-state index contributed by atoms with van der Waals surface area (Å²) < 4.78 is 2.07. The lowest BCUT2D eigenvalue weighted by molar-refractivity contribution is 0.510. The predicted molar refractivity (Wildman–Crippen MR) is 62.0 cm³/mol. The first kappa shape index (κ1) is 10.5. The summed E-state index contributed by atoms with van der Waals surface area (Å²) in [6.07, 6.45) is 3.46. The van der Waals surface area contributed by atoms with Crippen molar-refractivity contribution in [2.24, 2.45) is 5.73 Å². The molecule has 1 heterocycles. The van der Waals surface area contributed by atoms with Crippen molar-refractivity contribution in [3.05, 3.63) is 11.8 Å². The Morgan fingerprint density at radius 1 is 1.60 bits per heavy atom. The Morgan fingerprint density at radius 2 is 2.33 bits per heavy atom. The zero-order chi connectivity index (χ0) is 10.8. The number of nitrogens with one attached hydrogen (secondary N) is 1. The maximum Gasteiger partial charge on any atom is 0.148 e. The summed E-state index contributed by atoms with van der Waals surface area (Å²) in [5.74, 6) is 1.01. The van der Waals surface area contributed by atoms with E-state index in [1.807, 2.05) is 0 Å². The zero-order valence-electron chi connectivity index (χ0n) is 9.53. The lowest BCUT2D eigenvalue weighted by atomic mass is 10.3. The molecule has 0 aromatic carbocycles. The normalized spacial score (nSPS) is 16.0. The van der Waals surface area contributed by atoms with E-state index in [4.69, 9.17) is 5.73 Å². The second-order valence-electron chi connectivity index (χ2n) is 4.52. The van der Waals surface area contributed by atoms with Gasteiger partial charge in [-0.3, -0.25) is 4.68 Å². The van der Waals surface area contributed by atoms with Gasteiger partial charge in [0.1, 0.15) is 5.82 Å². The molecule has 1 aliphatic rings. The van der Waals surface area contributed by atoms with Crippen molar-refractivity contribution in [2.75, 3.05) is 11.9 Å². The monoisotopic (exact) mass is 208 g/mol. The molecule has 15 heavy (non-hydrogen) atoms. The number of hydrogen-bond donors (Lipinski definition) is 2. The van der Waals surface area contributed by atoms with Crippen LogP contribution < -0.4 is 11.1 Å². The van der Waals surface area contributed by atoms with Crippen LogP contribution in [0.15, 0.2) is 6.07 Å². The van der Waals surface area contributed by atoms with Crippen LogP contribution >= 0.6 is 0 Å². The van der Waals surface area contributed by atoms with Gasteiger partial charge >= 0.3 is 0 Å². The average Bonchev–Trinajstić information content (AvgIpc) is 2.88. The van der Waals surface area contributed by atoms with Crippen LogP contribution in [0.4, 0.5) is 5.82 Å². The fourth-order valence-corrected chi connectivity index (χ4v) is 1.72. The van der Waals surface area contributed by atoms with Gasteiger partial charge in [-0.15, -0.1) is 0 Å². The molecule has 0 unspecified atom stereocenters. The molecule has 1 fully saturated rings. The SMILES string of the molecule is CC(C)n1nc(NC2CC2)cc1CCN. The Hall–Kier alpha value is -1.03. The highest BCUT2D eigenvalue weighted by atomic mass is 15.3. The predicted octanol–water partition coefficient (Wildman–Crippen LogP) is 1.54. The van der Waals surface area contributed by atoms with Gasteiger partial charge in [0, 0.05) is 30.3 Å². The van der Waals surface area contributed by atoms with Crippen molar-refractivity contribution >= 4 is 5.82 Å². The Balaban J connectivity index is 2.14. The molecule has 0 bridgehead atoms. The Bertz CT molecular complexity index is 325. The summed E-state index contributed by atoms with van der Waals surface area (Å²) in [5.41, 5.74) is 6.82. The Kier molecular flexibility index (Phi) is 2.95. The molecule has 84 valence electrons. The lowest BCUT2D eigenvalue weighted by Crippen LogP contribution is -2.12. The van der Waals surface area contributed by atoms with Gasteiger partial charge in [-0.05, 0) is 33.2 Å².